The van der Waals surface area contributed by atoms with E-state index in [1.807, 2.05) is 13.8 Å². The Bertz CT molecular complexity index is 396. The zero-order valence-corrected chi connectivity index (χ0v) is 9.97. The molecule has 1 amide bonds. The number of carbonyl (C=O) groups is 1. The van der Waals surface area contributed by atoms with Crippen molar-refractivity contribution in [1.29, 1.82) is 0 Å². The van der Waals surface area contributed by atoms with Gasteiger partial charge in [-0.15, -0.1) is 0 Å². The summed E-state index contributed by atoms with van der Waals surface area (Å²) in [6.07, 6.45) is 1.19. The molecule has 4 N–H and O–H groups in total. The van der Waals surface area contributed by atoms with Crippen molar-refractivity contribution in [2.45, 2.75) is 20.0 Å². The van der Waals surface area contributed by atoms with Gasteiger partial charge in [-0.2, -0.15) is 0 Å². The number of nitrogens with two attached hydrogens (primary N) is 2. The Morgan fingerprint density at radius 2 is 2.29 bits per heavy atom. The lowest BCUT2D eigenvalue weighted by molar-refractivity contribution is 0.0633. The van der Waals surface area contributed by atoms with Crippen LogP contribution in [-0.4, -0.2) is 30.2 Å². The number of hydrogen-bond donors (Lipinski definition) is 2. The Kier molecular flexibility index (Phi) is 4.71. The van der Waals surface area contributed by atoms with Gasteiger partial charge < -0.3 is 20.9 Å². The summed E-state index contributed by atoms with van der Waals surface area (Å²) in [6, 6.07) is 1.43. The number of primary amides is 1. The first kappa shape index (κ1) is 13.2. The van der Waals surface area contributed by atoms with E-state index in [1.54, 1.807) is 0 Å². The molecular formula is C11H17N3O3. The molecule has 6 heteroatoms. The van der Waals surface area contributed by atoms with Crippen LogP contribution in [-0.2, 0) is 4.74 Å². The second-order valence-corrected chi connectivity index (χ2v) is 3.56. The van der Waals surface area contributed by atoms with Crippen LogP contribution < -0.4 is 16.2 Å². The van der Waals surface area contributed by atoms with Gasteiger partial charge in [-0.1, -0.05) is 0 Å². The molecule has 0 saturated heterocycles. The highest BCUT2D eigenvalue weighted by atomic mass is 16.5. The van der Waals surface area contributed by atoms with E-state index in [0.717, 1.165) is 0 Å². The first-order valence-electron chi connectivity index (χ1n) is 5.34. The maximum absolute atomic E-state index is 11.1. The number of carbonyl (C=O) groups excluding carboxylic acids is 1. The maximum Gasteiger partial charge on any atom is 0.251 e. The lowest BCUT2D eigenvalue weighted by atomic mass is 10.2. The normalized spacial score (nSPS) is 12.1. The minimum atomic E-state index is -0.604. The van der Waals surface area contributed by atoms with Gasteiger partial charge in [0, 0.05) is 12.7 Å². The summed E-state index contributed by atoms with van der Waals surface area (Å²) in [5.74, 6) is -0.299. The fraction of sp³-hybridized carbons (Fsp3) is 0.455. The third-order valence-corrected chi connectivity index (χ3v) is 2.05. The molecule has 1 heterocycles. The number of rotatable bonds is 6. The van der Waals surface area contributed by atoms with Crippen molar-refractivity contribution < 1.29 is 14.3 Å². The molecule has 0 fully saturated rings. The van der Waals surface area contributed by atoms with Crippen molar-refractivity contribution >= 4 is 11.6 Å². The summed E-state index contributed by atoms with van der Waals surface area (Å²) in [4.78, 5) is 15.0. The third-order valence-electron chi connectivity index (χ3n) is 2.05. The van der Waals surface area contributed by atoms with Crippen molar-refractivity contribution in [1.82, 2.24) is 4.98 Å². The minimum absolute atomic E-state index is 0.160. The molecule has 94 valence electrons. The first-order valence-corrected chi connectivity index (χ1v) is 5.34. The molecule has 1 unspecified atom stereocenters. The smallest absolute Gasteiger partial charge is 0.251 e. The van der Waals surface area contributed by atoms with Crippen molar-refractivity contribution in [2.24, 2.45) is 5.73 Å². The van der Waals surface area contributed by atoms with Crippen LogP contribution in [0.3, 0.4) is 0 Å². The van der Waals surface area contributed by atoms with E-state index in [1.165, 1.54) is 12.3 Å². The maximum atomic E-state index is 11.1. The molecule has 1 aromatic heterocycles. The Hall–Kier alpha value is -1.82. The van der Waals surface area contributed by atoms with Gasteiger partial charge in [0.1, 0.15) is 6.10 Å². The Morgan fingerprint density at radius 3 is 2.88 bits per heavy atom. The van der Waals surface area contributed by atoms with Crippen molar-refractivity contribution in [3.63, 3.8) is 0 Å². The van der Waals surface area contributed by atoms with Crippen molar-refractivity contribution in [3.8, 4) is 5.88 Å². The zero-order valence-electron chi connectivity index (χ0n) is 9.97. The minimum Gasteiger partial charge on any atom is -0.472 e. The molecular weight excluding hydrogens is 222 g/mol. The third kappa shape index (κ3) is 3.92. The molecule has 1 aromatic rings. The molecule has 0 aromatic carbocycles. The predicted octanol–water partition coefficient (Wildman–Crippen LogP) is 0.567. The van der Waals surface area contributed by atoms with E-state index in [2.05, 4.69) is 4.98 Å². The standard InChI is InChI=1S/C11H17N3O3/c1-3-16-6-7(2)17-10-4-8(11(13)15)9(12)5-14-10/h4-5,7H,3,6,12H2,1-2H3,(H2,13,15). The number of amides is 1. The van der Waals surface area contributed by atoms with E-state index in [9.17, 15) is 4.79 Å². The highest BCUT2D eigenvalue weighted by Crippen LogP contribution is 2.16. The van der Waals surface area contributed by atoms with Crippen LogP contribution in [0.5, 0.6) is 5.88 Å². The summed E-state index contributed by atoms with van der Waals surface area (Å²) in [5, 5.41) is 0. The first-order chi connectivity index (χ1) is 8.04. The van der Waals surface area contributed by atoms with Gasteiger partial charge >= 0.3 is 0 Å². The SMILES string of the molecule is CCOCC(C)Oc1cc(C(N)=O)c(N)cn1. The highest BCUT2D eigenvalue weighted by Gasteiger charge is 2.10. The average Bonchev–Trinajstić information content (AvgIpc) is 2.28. The monoisotopic (exact) mass is 239 g/mol. The van der Waals surface area contributed by atoms with Gasteiger partial charge in [0.25, 0.3) is 5.91 Å². The summed E-state index contributed by atoms with van der Waals surface area (Å²) in [6.45, 7) is 4.82. The number of nitrogens with zero attached hydrogens (tertiary/aromatic N) is 1. The Balaban J connectivity index is 2.72. The summed E-state index contributed by atoms with van der Waals surface area (Å²) in [5.41, 5.74) is 11.2. The van der Waals surface area contributed by atoms with Crippen LogP contribution in [0.2, 0.25) is 0 Å². The summed E-state index contributed by atoms with van der Waals surface area (Å²) in [7, 11) is 0. The lowest BCUT2D eigenvalue weighted by Crippen LogP contribution is -2.20. The van der Waals surface area contributed by atoms with Crippen LogP contribution in [0, 0.1) is 0 Å². The van der Waals surface area contributed by atoms with Crippen molar-refractivity contribution in [3.05, 3.63) is 17.8 Å². The predicted molar refractivity (Wildman–Crippen MR) is 63.8 cm³/mol. The van der Waals surface area contributed by atoms with Crippen LogP contribution in [0.25, 0.3) is 0 Å². The van der Waals surface area contributed by atoms with Crippen molar-refractivity contribution in [2.75, 3.05) is 18.9 Å². The van der Waals surface area contributed by atoms with Gasteiger partial charge in [-0.3, -0.25) is 4.79 Å². The average molecular weight is 239 g/mol. The van der Waals surface area contributed by atoms with E-state index in [4.69, 9.17) is 20.9 Å². The van der Waals surface area contributed by atoms with Crippen LogP contribution in [0.15, 0.2) is 12.3 Å². The van der Waals surface area contributed by atoms with Gasteiger partial charge in [0.2, 0.25) is 5.88 Å². The van der Waals surface area contributed by atoms with Crippen LogP contribution in [0.1, 0.15) is 24.2 Å². The summed E-state index contributed by atoms with van der Waals surface area (Å²) < 4.78 is 10.7. The van der Waals surface area contributed by atoms with Crippen LogP contribution >= 0.6 is 0 Å². The van der Waals surface area contributed by atoms with E-state index >= 15 is 0 Å². The summed E-state index contributed by atoms with van der Waals surface area (Å²) >= 11 is 0. The highest BCUT2D eigenvalue weighted by molar-refractivity contribution is 5.97. The molecule has 6 nitrogen and oxygen atoms in total. The second kappa shape index (κ2) is 6.05. The number of hydrogen-bond acceptors (Lipinski definition) is 5. The van der Waals surface area contributed by atoms with Gasteiger partial charge in [-0.05, 0) is 13.8 Å². The van der Waals surface area contributed by atoms with Gasteiger partial charge in [0.05, 0.1) is 24.1 Å². The molecule has 0 saturated carbocycles. The molecule has 0 spiro atoms. The quantitative estimate of drug-likeness (QED) is 0.755. The number of pyridine rings is 1. The molecule has 0 radical (unpaired) electrons. The molecule has 0 aliphatic carbocycles. The van der Waals surface area contributed by atoms with E-state index in [0.29, 0.717) is 19.1 Å². The molecule has 0 bridgehead atoms. The molecule has 17 heavy (non-hydrogen) atoms. The number of anilines is 1. The fourth-order valence-corrected chi connectivity index (χ4v) is 1.25. The van der Waals surface area contributed by atoms with Gasteiger partial charge in [0.15, 0.2) is 0 Å². The molecule has 1 rings (SSSR count). The fourth-order valence-electron chi connectivity index (χ4n) is 1.25. The zero-order chi connectivity index (χ0) is 12.8. The number of ether oxygens (including phenoxy) is 2. The number of aromatic nitrogens is 1. The Labute approximate surface area is 99.9 Å². The second-order valence-electron chi connectivity index (χ2n) is 3.56. The van der Waals surface area contributed by atoms with Crippen LogP contribution in [0.4, 0.5) is 5.69 Å². The molecule has 0 aliphatic rings. The number of nitrogen functional groups attached to an aromatic ring is 1. The lowest BCUT2D eigenvalue weighted by Gasteiger charge is -2.14. The van der Waals surface area contributed by atoms with E-state index in [-0.39, 0.29) is 17.4 Å². The van der Waals surface area contributed by atoms with E-state index < -0.39 is 5.91 Å². The molecule has 0 aliphatic heterocycles. The Morgan fingerprint density at radius 1 is 1.59 bits per heavy atom. The topological polar surface area (TPSA) is 100 Å². The largest absolute Gasteiger partial charge is 0.472 e. The molecule has 1 atom stereocenters. The van der Waals surface area contributed by atoms with Gasteiger partial charge in [-0.25, -0.2) is 4.98 Å².